The Balaban J connectivity index is 2.13. The topological polar surface area (TPSA) is 0 Å². The summed E-state index contributed by atoms with van der Waals surface area (Å²) in [6.45, 7) is 4.28. The molecule has 1 unspecified atom stereocenters. The summed E-state index contributed by atoms with van der Waals surface area (Å²) in [4.78, 5) is 0. The van der Waals surface area contributed by atoms with Crippen LogP contribution >= 0.6 is 0 Å². The van der Waals surface area contributed by atoms with Gasteiger partial charge in [0.15, 0.2) is 0 Å². The van der Waals surface area contributed by atoms with Crippen molar-refractivity contribution in [2.75, 3.05) is 0 Å². The van der Waals surface area contributed by atoms with Gasteiger partial charge in [0.1, 0.15) is 0 Å². The van der Waals surface area contributed by atoms with Gasteiger partial charge in [-0.3, -0.25) is 0 Å². The molecule has 3 rings (SSSR count). The molecule has 0 aromatic heterocycles. The van der Waals surface area contributed by atoms with Crippen LogP contribution in [0.25, 0.3) is 10.8 Å². The van der Waals surface area contributed by atoms with Crippen molar-refractivity contribution in [2.24, 2.45) is 0 Å². The van der Waals surface area contributed by atoms with E-state index in [1.165, 1.54) is 47.6 Å². The summed E-state index contributed by atoms with van der Waals surface area (Å²) in [5, 5.41) is 2.76. The molecule has 1 aliphatic carbocycles. The van der Waals surface area contributed by atoms with Gasteiger partial charge in [0, 0.05) is 5.92 Å². The highest BCUT2D eigenvalue weighted by molar-refractivity contribution is 5.86. The van der Waals surface area contributed by atoms with E-state index in [2.05, 4.69) is 49.0 Å². The van der Waals surface area contributed by atoms with E-state index in [0.29, 0.717) is 5.92 Å². The van der Waals surface area contributed by atoms with Gasteiger partial charge in [0.05, 0.1) is 0 Å². The molecule has 86 valence electrons. The molecule has 0 spiro atoms. The Labute approximate surface area is 103 Å². The van der Waals surface area contributed by atoms with Gasteiger partial charge in [0.25, 0.3) is 0 Å². The Hall–Kier alpha value is -1.56. The molecular formula is C17H18. The highest BCUT2D eigenvalue weighted by Crippen LogP contribution is 2.39. The zero-order valence-electron chi connectivity index (χ0n) is 10.2. The highest BCUT2D eigenvalue weighted by Gasteiger charge is 2.20. The first-order chi connectivity index (χ1) is 8.36. The third-order valence-electron chi connectivity index (χ3n) is 3.93. The standard InChI is InChI=1S/C17H18/c1-13-7-2-4-10-15(13)17-12-6-9-14-8-3-5-11-16(14)17/h3,5-6,8-9,11-12,15H,1-2,4,7,10H2. The number of allylic oxidation sites excluding steroid dienone is 1. The van der Waals surface area contributed by atoms with Gasteiger partial charge in [-0.2, -0.15) is 0 Å². The minimum atomic E-state index is 0.579. The van der Waals surface area contributed by atoms with Crippen LogP contribution in [0.15, 0.2) is 54.6 Å². The molecule has 2 aromatic rings. The van der Waals surface area contributed by atoms with E-state index in [4.69, 9.17) is 0 Å². The van der Waals surface area contributed by atoms with E-state index in [-0.39, 0.29) is 0 Å². The molecule has 0 aliphatic heterocycles. The molecule has 1 aliphatic rings. The van der Waals surface area contributed by atoms with Crippen molar-refractivity contribution in [1.29, 1.82) is 0 Å². The first-order valence-corrected chi connectivity index (χ1v) is 6.51. The fraction of sp³-hybridized carbons (Fsp3) is 0.294. The Morgan fingerprint density at radius 3 is 2.65 bits per heavy atom. The van der Waals surface area contributed by atoms with Crippen LogP contribution in [0.4, 0.5) is 0 Å². The number of rotatable bonds is 1. The summed E-state index contributed by atoms with van der Waals surface area (Å²) in [5.41, 5.74) is 2.90. The largest absolute Gasteiger partial charge is 0.0992 e. The van der Waals surface area contributed by atoms with Crippen molar-refractivity contribution in [3.8, 4) is 0 Å². The molecule has 0 heteroatoms. The van der Waals surface area contributed by atoms with Crippen LogP contribution in [0.2, 0.25) is 0 Å². The second-order valence-corrected chi connectivity index (χ2v) is 5.02. The zero-order chi connectivity index (χ0) is 11.7. The first-order valence-electron chi connectivity index (χ1n) is 6.51. The molecule has 17 heavy (non-hydrogen) atoms. The van der Waals surface area contributed by atoms with Gasteiger partial charge in [0.2, 0.25) is 0 Å². The van der Waals surface area contributed by atoms with E-state index in [0.717, 1.165) is 0 Å². The maximum absolute atomic E-state index is 4.28. The van der Waals surface area contributed by atoms with E-state index in [1.54, 1.807) is 0 Å². The van der Waals surface area contributed by atoms with Crippen molar-refractivity contribution in [3.63, 3.8) is 0 Å². The first kappa shape index (κ1) is 10.6. The quantitative estimate of drug-likeness (QED) is 0.592. The number of hydrogen-bond acceptors (Lipinski definition) is 0. The SMILES string of the molecule is C=C1CCCCC1c1cccc2ccccc12. The van der Waals surface area contributed by atoms with Crippen molar-refractivity contribution in [3.05, 3.63) is 60.2 Å². The Morgan fingerprint density at radius 1 is 0.941 bits per heavy atom. The van der Waals surface area contributed by atoms with Crippen molar-refractivity contribution >= 4 is 10.8 Å². The van der Waals surface area contributed by atoms with Crippen LogP contribution < -0.4 is 0 Å². The minimum absolute atomic E-state index is 0.579. The van der Waals surface area contributed by atoms with Gasteiger partial charge in [-0.25, -0.2) is 0 Å². The van der Waals surface area contributed by atoms with Gasteiger partial charge < -0.3 is 0 Å². The Bertz CT molecular complexity index is 545. The second kappa shape index (κ2) is 4.37. The van der Waals surface area contributed by atoms with E-state index >= 15 is 0 Å². The lowest BCUT2D eigenvalue weighted by Gasteiger charge is -2.26. The Kier molecular flexibility index (Phi) is 2.72. The van der Waals surface area contributed by atoms with Crippen molar-refractivity contribution < 1.29 is 0 Å². The molecule has 0 N–H and O–H groups in total. The number of fused-ring (bicyclic) bond motifs is 1. The minimum Gasteiger partial charge on any atom is -0.0992 e. The summed E-state index contributed by atoms with van der Waals surface area (Å²) in [6, 6.07) is 15.4. The predicted octanol–water partition coefficient (Wildman–Crippen LogP) is 5.05. The van der Waals surface area contributed by atoms with Crippen LogP contribution in [0, 0.1) is 0 Å². The highest BCUT2D eigenvalue weighted by atomic mass is 14.2. The van der Waals surface area contributed by atoms with Gasteiger partial charge in [-0.15, -0.1) is 0 Å². The summed E-state index contributed by atoms with van der Waals surface area (Å²) in [7, 11) is 0. The zero-order valence-corrected chi connectivity index (χ0v) is 10.2. The molecule has 1 atom stereocenters. The maximum atomic E-state index is 4.28. The molecule has 1 fully saturated rings. The predicted molar refractivity (Wildman–Crippen MR) is 74.3 cm³/mol. The van der Waals surface area contributed by atoms with Crippen molar-refractivity contribution in [2.45, 2.75) is 31.6 Å². The van der Waals surface area contributed by atoms with E-state index in [1.807, 2.05) is 0 Å². The second-order valence-electron chi connectivity index (χ2n) is 5.02. The molecule has 0 nitrogen and oxygen atoms in total. The molecule has 0 heterocycles. The third kappa shape index (κ3) is 1.88. The van der Waals surface area contributed by atoms with Gasteiger partial charge in [-0.05, 0) is 35.6 Å². The lowest BCUT2D eigenvalue weighted by atomic mass is 9.79. The third-order valence-corrected chi connectivity index (χ3v) is 3.93. The smallest absolute Gasteiger partial charge is 0.00516 e. The van der Waals surface area contributed by atoms with Crippen LogP contribution in [0.3, 0.4) is 0 Å². The summed E-state index contributed by atoms with van der Waals surface area (Å²) in [6.07, 6.45) is 5.13. The normalized spacial score (nSPS) is 20.7. The Morgan fingerprint density at radius 2 is 1.76 bits per heavy atom. The summed E-state index contributed by atoms with van der Waals surface area (Å²) in [5.74, 6) is 0.579. The lowest BCUT2D eigenvalue weighted by molar-refractivity contribution is 0.545. The van der Waals surface area contributed by atoms with Crippen LogP contribution in [0.1, 0.15) is 37.2 Å². The monoisotopic (exact) mass is 222 g/mol. The van der Waals surface area contributed by atoms with Crippen LogP contribution in [-0.2, 0) is 0 Å². The van der Waals surface area contributed by atoms with Gasteiger partial charge >= 0.3 is 0 Å². The molecule has 0 amide bonds. The van der Waals surface area contributed by atoms with Crippen LogP contribution in [-0.4, -0.2) is 0 Å². The van der Waals surface area contributed by atoms with Crippen LogP contribution in [0.5, 0.6) is 0 Å². The van der Waals surface area contributed by atoms with E-state index < -0.39 is 0 Å². The molecule has 1 saturated carbocycles. The van der Waals surface area contributed by atoms with Crippen molar-refractivity contribution in [1.82, 2.24) is 0 Å². The number of hydrogen-bond donors (Lipinski definition) is 0. The summed E-state index contributed by atoms with van der Waals surface area (Å²) >= 11 is 0. The fourth-order valence-electron chi connectivity index (χ4n) is 3.01. The molecule has 0 bridgehead atoms. The fourth-order valence-corrected chi connectivity index (χ4v) is 3.01. The lowest BCUT2D eigenvalue weighted by Crippen LogP contribution is -2.07. The number of benzene rings is 2. The molecule has 0 radical (unpaired) electrons. The molecule has 2 aromatic carbocycles. The average Bonchev–Trinajstić information content (AvgIpc) is 2.39. The molecular weight excluding hydrogens is 204 g/mol. The average molecular weight is 222 g/mol. The van der Waals surface area contributed by atoms with E-state index in [9.17, 15) is 0 Å². The molecule has 0 saturated heterocycles. The summed E-state index contributed by atoms with van der Waals surface area (Å²) < 4.78 is 0. The maximum Gasteiger partial charge on any atom is 0.00516 e. The van der Waals surface area contributed by atoms with Gasteiger partial charge in [-0.1, -0.05) is 61.0 Å².